The summed E-state index contributed by atoms with van der Waals surface area (Å²) in [5.41, 5.74) is 0.627. The molecular weight excluding hydrogens is 288 g/mol. The molecule has 2 rings (SSSR count). The van der Waals surface area contributed by atoms with Gasteiger partial charge in [-0.2, -0.15) is 0 Å². The number of likely N-dealkylation sites (tertiary alicyclic amines) is 1. The molecule has 1 aromatic carbocycles. The molecule has 0 spiro atoms. The van der Waals surface area contributed by atoms with E-state index in [0.29, 0.717) is 22.9 Å². The summed E-state index contributed by atoms with van der Waals surface area (Å²) in [4.78, 5) is 14.4. The van der Waals surface area contributed by atoms with E-state index in [4.69, 9.17) is 16.3 Å². The van der Waals surface area contributed by atoms with Gasteiger partial charge in [-0.15, -0.1) is 0 Å². The minimum Gasteiger partial charge on any atom is -0.495 e. The molecule has 1 unspecified atom stereocenters. The minimum absolute atomic E-state index is 0.00575. The molecule has 0 saturated carbocycles. The maximum absolute atomic E-state index is 12.1. The van der Waals surface area contributed by atoms with Gasteiger partial charge < -0.3 is 15.0 Å². The van der Waals surface area contributed by atoms with Crippen LogP contribution in [0.25, 0.3) is 0 Å². The smallest absolute Gasteiger partial charge is 0.225 e. The summed E-state index contributed by atoms with van der Waals surface area (Å²) in [6.07, 6.45) is 3.01. The Bertz CT molecular complexity index is 493. The van der Waals surface area contributed by atoms with Crippen molar-refractivity contribution in [1.82, 2.24) is 4.90 Å². The van der Waals surface area contributed by atoms with Gasteiger partial charge in [-0.25, -0.2) is 0 Å². The number of anilines is 1. The fraction of sp³-hybridized carbons (Fsp3) is 0.562. The molecular formula is C16H23ClN2O2. The van der Waals surface area contributed by atoms with Crippen LogP contribution in [0.5, 0.6) is 5.75 Å². The lowest BCUT2D eigenvalue weighted by Crippen LogP contribution is -2.36. The van der Waals surface area contributed by atoms with Gasteiger partial charge in [0.1, 0.15) is 5.75 Å². The summed E-state index contributed by atoms with van der Waals surface area (Å²) >= 11 is 5.96. The number of halogens is 1. The molecule has 1 fully saturated rings. The molecule has 1 aliphatic heterocycles. The molecule has 21 heavy (non-hydrogen) atoms. The first-order valence-corrected chi connectivity index (χ1v) is 7.82. The number of methoxy groups -OCH3 is 1. The molecule has 5 heteroatoms. The molecule has 0 aromatic heterocycles. The molecule has 0 aliphatic carbocycles. The Labute approximate surface area is 131 Å². The van der Waals surface area contributed by atoms with Crippen LogP contribution in [0, 0.1) is 5.92 Å². The van der Waals surface area contributed by atoms with Crippen LogP contribution in [-0.4, -0.2) is 37.6 Å². The number of nitrogens with zero attached hydrogens (tertiary/aromatic N) is 1. The Morgan fingerprint density at radius 2 is 2.33 bits per heavy atom. The summed E-state index contributed by atoms with van der Waals surface area (Å²) in [7, 11) is 1.58. The predicted molar refractivity (Wildman–Crippen MR) is 86.1 cm³/mol. The van der Waals surface area contributed by atoms with Crippen molar-refractivity contribution < 1.29 is 9.53 Å². The van der Waals surface area contributed by atoms with Gasteiger partial charge in [0.25, 0.3) is 0 Å². The van der Waals surface area contributed by atoms with Crippen molar-refractivity contribution in [3.63, 3.8) is 0 Å². The summed E-state index contributed by atoms with van der Waals surface area (Å²) in [5, 5.41) is 3.46. The fourth-order valence-corrected chi connectivity index (χ4v) is 2.91. The average Bonchev–Trinajstić information content (AvgIpc) is 2.45. The highest BCUT2D eigenvalue weighted by atomic mass is 35.5. The van der Waals surface area contributed by atoms with E-state index in [9.17, 15) is 4.79 Å². The van der Waals surface area contributed by atoms with Crippen LogP contribution in [0.4, 0.5) is 5.69 Å². The predicted octanol–water partition coefficient (Wildman–Crippen LogP) is 3.41. The Hall–Kier alpha value is -1.26. The van der Waals surface area contributed by atoms with Gasteiger partial charge >= 0.3 is 0 Å². The Kier molecular flexibility index (Phi) is 5.88. The summed E-state index contributed by atoms with van der Waals surface area (Å²) in [6, 6.07) is 5.21. The Morgan fingerprint density at radius 3 is 3.05 bits per heavy atom. The van der Waals surface area contributed by atoms with Crippen molar-refractivity contribution in [3.8, 4) is 5.75 Å². The van der Waals surface area contributed by atoms with Gasteiger partial charge in [0.15, 0.2) is 0 Å². The zero-order chi connectivity index (χ0) is 15.2. The maximum atomic E-state index is 12.1. The number of benzene rings is 1. The third-order valence-corrected chi connectivity index (χ3v) is 4.07. The van der Waals surface area contributed by atoms with Crippen molar-refractivity contribution in [2.24, 2.45) is 5.92 Å². The van der Waals surface area contributed by atoms with Crippen molar-refractivity contribution in [3.05, 3.63) is 23.2 Å². The van der Waals surface area contributed by atoms with Gasteiger partial charge in [-0.3, -0.25) is 4.79 Å². The number of carbonyl (C=O) groups excluding carboxylic acids is 1. The summed E-state index contributed by atoms with van der Waals surface area (Å²) in [6.45, 7) is 5.26. The second-order valence-corrected chi connectivity index (χ2v) is 6.13. The minimum atomic E-state index is -0.00575. The molecule has 116 valence electrons. The molecule has 1 aliphatic rings. The lowest BCUT2D eigenvalue weighted by atomic mass is 10.0. The number of amides is 1. The van der Waals surface area contributed by atoms with E-state index in [1.165, 1.54) is 12.8 Å². The molecule has 1 saturated heterocycles. The third kappa shape index (κ3) is 4.90. The number of carbonyl (C=O) groups is 1. The molecule has 1 amide bonds. The van der Waals surface area contributed by atoms with Gasteiger partial charge in [-0.1, -0.05) is 18.5 Å². The Balaban J connectivity index is 1.85. The monoisotopic (exact) mass is 310 g/mol. The average molecular weight is 311 g/mol. The van der Waals surface area contributed by atoms with Gasteiger partial charge in [0.2, 0.25) is 5.91 Å². The number of ether oxygens (including phenoxy) is 1. The highest BCUT2D eigenvalue weighted by Gasteiger charge is 2.17. The van der Waals surface area contributed by atoms with E-state index in [1.807, 2.05) is 0 Å². The van der Waals surface area contributed by atoms with Crippen LogP contribution >= 0.6 is 11.6 Å². The second kappa shape index (κ2) is 7.66. The first-order chi connectivity index (χ1) is 10.1. The van der Waals surface area contributed by atoms with E-state index >= 15 is 0 Å². The number of hydrogen-bond donors (Lipinski definition) is 1. The topological polar surface area (TPSA) is 41.6 Å². The first-order valence-electron chi connectivity index (χ1n) is 7.44. The molecule has 1 aromatic rings. The second-order valence-electron chi connectivity index (χ2n) is 5.69. The van der Waals surface area contributed by atoms with Crippen LogP contribution in [0.15, 0.2) is 18.2 Å². The number of piperidine rings is 1. The number of rotatable bonds is 5. The first kappa shape index (κ1) is 16.1. The molecule has 1 N–H and O–H groups in total. The van der Waals surface area contributed by atoms with Crippen LogP contribution < -0.4 is 10.1 Å². The Morgan fingerprint density at radius 1 is 1.52 bits per heavy atom. The van der Waals surface area contributed by atoms with Gasteiger partial charge in [0.05, 0.1) is 12.8 Å². The zero-order valence-corrected chi connectivity index (χ0v) is 13.4. The SMILES string of the molecule is COc1ccc(Cl)cc1NC(=O)CCN1CCCC(C)C1. The number of nitrogens with one attached hydrogen (secondary N) is 1. The lowest BCUT2D eigenvalue weighted by molar-refractivity contribution is -0.116. The zero-order valence-electron chi connectivity index (χ0n) is 12.7. The van der Waals surface area contributed by atoms with E-state index < -0.39 is 0 Å². The molecule has 1 atom stereocenters. The summed E-state index contributed by atoms with van der Waals surface area (Å²) in [5.74, 6) is 1.35. The van der Waals surface area contributed by atoms with E-state index in [2.05, 4.69) is 17.1 Å². The third-order valence-electron chi connectivity index (χ3n) is 3.83. The van der Waals surface area contributed by atoms with Crippen LogP contribution in [0.3, 0.4) is 0 Å². The number of hydrogen-bond acceptors (Lipinski definition) is 3. The van der Waals surface area contributed by atoms with Crippen molar-refractivity contribution in [1.29, 1.82) is 0 Å². The molecule has 1 heterocycles. The van der Waals surface area contributed by atoms with Crippen LogP contribution in [-0.2, 0) is 4.79 Å². The molecule has 0 radical (unpaired) electrons. The van der Waals surface area contributed by atoms with Crippen LogP contribution in [0.1, 0.15) is 26.2 Å². The normalized spacial score (nSPS) is 19.3. The molecule has 0 bridgehead atoms. The largest absolute Gasteiger partial charge is 0.495 e. The maximum Gasteiger partial charge on any atom is 0.225 e. The van der Waals surface area contributed by atoms with E-state index in [1.54, 1.807) is 25.3 Å². The van der Waals surface area contributed by atoms with Gasteiger partial charge in [0, 0.05) is 24.5 Å². The van der Waals surface area contributed by atoms with Crippen molar-refractivity contribution in [2.45, 2.75) is 26.2 Å². The van der Waals surface area contributed by atoms with Gasteiger partial charge in [-0.05, 0) is 43.5 Å². The highest BCUT2D eigenvalue weighted by molar-refractivity contribution is 6.31. The molecule has 4 nitrogen and oxygen atoms in total. The lowest BCUT2D eigenvalue weighted by Gasteiger charge is -2.30. The highest BCUT2D eigenvalue weighted by Crippen LogP contribution is 2.27. The quantitative estimate of drug-likeness (QED) is 0.906. The fourth-order valence-electron chi connectivity index (χ4n) is 2.74. The standard InChI is InChI=1S/C16H23ClN2O2/c1-12-4-3-8-19(11-12)9-7-16(20)18-14-10-13(17)5-6-15(14)21-2/h5-6,10,12H,3-4,7-9,11H2,1-2H3,(H,18,20). The summed E-state index contributed by atoms with van der Waals surface area (Å²) < 4.78 is 5.23. The van der Waals surface area contributed by atoms with E-state index in [0.717, 1.165) is 25.6 Å². The van der Waals surface area contributed by atoms with Crippen molar-refractivity contribution in [2.75, 3.05) is 32.1 Å². The van der Waals surface area contributed by atoms with Crippen molar-refractivity contribution >= 4 is 23.2 Å². The van der Waals surface area contributed by atoms with Crippen LogP contribution in [0.2, 0.25) is 5.02 Å². The van der Waals surface area contributed by atoms with E-state index in [-0.39, 0.29) is 5.91 Å².